The molecule has 2 N–H and O–H groups in total. The molecule has 0 radical (unpaired) electrons. The maximum absolute atomic E-state index is 10.9. The molecule has 1 saturated heterocycles. The first kappa shape index (κ1) is 20.8. The molecule has 0 unspecified atom stereocenters. The number of nitrogens with one attached hydrogen (secondary N) is 1. The summed E-state index contributed by atoms with van der Waals surface area (Å²) in [5, 5.41) is 25.2. The van der Waals surface area contributed by atoms with E-state index in [0.717, 1.165) is 33.2 Å². The number of nitriles is 1. The average Bonchev–Trinajstić information content (AvgIpc) is 3.41. The number of ether oxygens (including phenoxy) is 2. The van der Waals surface area contributed by atoms with Crippen LogP contribution < -0.4 is 9.47 Å². The molecule has 0 spiro atoms. The van der Waals surface area contributed by atoms with Gasteiger partial charge in [0.1, 0.15) is 23.4 Å². The van der Waals surface area contributed by atoms with Crippen molar-refractivity contribution in [3.63, 3.8) is 0 Å². The number of carboxylic acid groups (broad SMARTS) is 1. The Bertz CT molecular complexity index is 1410. The zero-order valence-corrected chi connectivity index (χ0v) is 18.3. The van der Waals surface area contributed by atoms with Crippen molar-refractivity contribution < 1.29 is 19.4 Å². The number of aromatic amines is 1. The second-order valence-corrected chi connectivity index (χ2v) is 8.29. The molecule has 0 saturated carbocycles. The first-order valence-electron chi connectivity index (χ1n) is 10.6. The molecule has 2 aromatic heterocycles. The second-order valence-electron chi connectivity index (χ2n) is 8.29. The Hall–Kier alpha value is -4.03. The van der Waals surface area contributed by atoms with E-state index in [1.165, 1.54) is 0 Å². The molecule has 1 aliphatic rings. The number of hydrogen-bond acceptors (Lipinski definition) is 6. The predicted molar refractivity (Wildman–Crippen MR) is 122 cm³/mol. The van der Waals surface area contributed by atoms with Crippen LogP contribution in [0.2, 0.25) is 0 Å². The lowest BCUT2D eigenvalue weighted by Crippen LogP contribution is -2.55. The molecule has 1 fully saturated rings. The molecule has 0 amide bonds. The van der Waals surface area contributed by atoms with Gasteiger partial charge in [-0.3, -0.25) is 14.4 Å². The van der Waals surface area contributed by atoms with Gasteiger partial charge in [-0.1, -0.05) is 0 Å². The van der Waals surface area contributed by atoms with Crippen LogP contribution in [-0.2, 0) is 11.3 Å². The van der Waals surface area contributed by atoms with Gasteiger partial charge in [-0.15, -0.1) is 0 Å². The highest BCUT2D eigenvalue weighted by Gasteiger charge is 2.31. The molecule has 4 aromatic rings. The topological polar surface area (TPSA) is 116 Å². The van der Waals surface area contributed by atoms with Gasteiger partial charge in [0.2, 0.25) is 0 Å². The lowest BCUT2D eigenvalue weighted by atomic mass is 10.0. The SMILES string of the molecule is COc1cc(C)c2[nH]ccc2c1Cn1cc2ccc(C#N)c(OC3CN(CC(=O)O)C3)c2n1. The van der Waals surface area contributed by atoms with Crippen molar-refractivity contribution in [3.05, 3.63) is 53.3 Å². The number of methoxy groups -OCH3 is 1. The third-order valence-corrected chi connectivity index (χ3v) is 6.02. The van der Waals surface area contributed by atoms with Crippen LogP contribution in [0, 0.1) is 18.3 Å². The number of benzene rings is 2. The molecular weight excluding hydrogens is 422 g/mol. The highest BCUT2D eigenvalue weighted by atomic mass is 16.5. The molecule has 0 aliphatic carbocycles. The van der Waals surface area contributed by atoms with E-state index in [1.807, 2.05) is 42.2 Å². The predicted octanol–water partition coefficient (Wildman–Crippen LogP) is 2.90. The number of carboxylic acids is 1. The minimum Gasteiger partial charge on any atom is -0.496 e. The first-order chi connectivity index (χ1) is 16.0. The van der Waals surface area contributed by atoms with Crippen molar-refractivity contribution in [2.75, 3.05) is 26.7 Å². The van der Waals surface area contributed by atoms with Gasteiger partial charge in [0.25, 0.3) is 0 Å². The van der Waals surface area contributed by atoms with Crippen LogP contribution in [0.1, 0.15) is 16.7 Å². The molecule has 5 rings (SSSR count). The number of aromatic nitrogens is 3. The summed E-state index contributed by atoms with van der Waals surface area (Å²) in [5.41, 5.74) is 4.20. The van der Waals surface area contributed by atoms with Gasteiger partial charge in [0, 0.05) is 47.3 Å². The number of carbonyl (C=O) groups is 1. The molecule has 0 bridgehead atoms. The maximum atomic E-state index is 10.9. The van der Waals surface area contributed by atoms with Crippen molar-refractivity contribution >= 4 is 27.8 Å². The molecule has 1 aliphatic heterocycles. The van der Waals surface area contributed by atoms with Crippen LogP contribution in [0.25, 0.3) is 21.8 Å². The molecular formula is C24H23N5O4. The van der Waals surface area contributed by atoms with Crippen molar-refractivity contribution in [2.24, 2.45) is 0 Å². The fraction of sp³-hybridized carbons (Fsp3) is 0.292. The summed E-state index contributed by atoms with van der Waals surface area (Å²) in [5.74, 6) is 0.368. The largest absolute Gasteiger partial charge is 0.496 e. The lowest BCUT2D eigenvalue weighted by molar-refractivity contribution is -0.140. The summed E-state index contributed by atoms with van der Waals surface area (Å²) < 4.78 is 13.6. The number of H-pyrrole nitrogens is 1. The normalized spacial score (nSPS) is 14.3. The van der Waals surface area contributed by atoms with Gasteiger partial charge in [0.15, 0.2) is 5.75 Å². The fourth-order valence-corrected chi connectivity index (χ4v) is 4.43. The quantitative estimate of drug-likeness (QED) is 0.449. The van der Waals surface area contributed by atoms with Gasteiger partial charge in [-0.2, -0.15) is 10.4 Å². The van der Waals surface area contributed by atoms with Crippen LogP contribution in [0.5, 0.6) is 11.5 Å². The summed E-state index contributed by atoms with van der Waals surface area (Å²) >= 11 is 0. The number of hydrogen-bond donors (Lipinski definition) is 2. The molecule has 9 heteroatoms. The zero-order chi connectivity index (χ0) is 23.1. The number of nitrogens with zero attached hydrogens (tertiary/aromatic N) is 4. The van der Waals surface area contributed by atoms with E-state index >= 15 is 0 Å². The van der Waals surface area contributed by atoms with E-state index in [4.69, 9.17) is 19.7 Å². The van der Waals surface area contributed by atoms with Gasteiger partial charge in [0.05, 0.1) is 25.8 Å². The number of rotatable bonds is 7. The standard InChI is InChI=1S/C24H23N5O4/c1-14-7-20(32-2)19(18-5-6-26-22(14)18)12-29-9-16-4-3-15(8-25)24(23(16)27-29)33-17-10-28(11-17)13-21(30)31/h3-7,9,17,26H,10-13H2,1-2H3,(H,30,31). The first-order valence-corrected chi connectivity index (χ1v) is 10.6. The molecule has 33 heavy (non-hydrogen) atoms. The minimum atomic E-state index is -0.866. The highest BCUT2D eigenvalue weighted by Crippen LogP contribution is 2.33. The smallest absolute Gasteiger partial charge is 0.317 e. The molecule has 0 atom stereocenters. The summed E-state index contributed by atoms with van der Waals surface area (Å²) in [4.78, 5) is 15.9. The monoisotopic (exact) mass is 445 g/mol. The Morgan fingerprint density at radius 1 is 1.36 bits per heavy atom. The summed E-state index contributed by atoms with van der Waals surface area (Å²) in [6.45, 7) is 3.51. The summed E-state index contributed by atoms with van der Waals surface area (Å²) in [6.07, 6.45) is 3.67. The van der Waals surface area contributed by atoms with Crippen LogP contribution in [0.3, 0.4) is 0 Å². The van der Waals surface area contributed by atoms with Gasteiger partial charge < -0.3 is 19.6 Å². The van der Waals surface area contributed by atoms with Gasteiger partial charge in [-0.05, 0) is 36.8 Å². The van der Waals surface area contributed by atoms with E-state index in [9.17, 15) is 10.1 Å². The minimum absolute atomic E-state index is 0.0181. The van der Waals surface area contributed by atoms with Crippen LogP contribution in [0.15, 0.2) is 36.7 Å². The van der Waals surface area contributed by atoms with E-state index in [1.54, 1.807) is 18.1 Å². The highest BCUT2D eigenvalue weighted by molar-refractivity contribution is 5.89. The van der Waals surface area contributed by atoms with E-state index in [2.05, 4.69) is 11.1 Å². The summed E-state index contributed by atoms with van der Waals surface area (Å²) in [7, 11) is 1.66. The number of aryl methyl sites for hydroxylation is 1. The maximum Gasteiger partial charge on any atom is 0.317 e. The lowest BCUT2D eigenvalue weighted by Gasteiger charge is -2.37. The van der Waals surface area contributed by atoms with Crippen molar-refractivity contribution in [1.29, 1.82) is 5.26 Å². The van der Waals surface area contributed by atoms with E-state index in [-0.39, 0.29) is 12.6 Å². The Balaban J connectivity index is 1.47. The Morgan fingerprint density at radius 2 is 2.18 bits per heavy atom. The molecule has 168 valence electrons. The Labute approximate surface area is 189 Å². The van der Waals surface area contributed by atoms with Crippen molar-refractivity contribution in [1.82, 2.24) is 19.7 Å². The zero-order valence-electron chi connectivity index (χ0n) is 18.3. The Morgan fingerprint density at radius 3 is 2.91 bits per heavy atom. The van der Waals surface area contributed by atoms with Crippen molar-refractivity contribution in [2.45, 2.75) is 19.6 Å². The number of likely N-dealkylation sites (tertiary alicyclic amines) is 1. The average molecular weight is 445 g/mol. The van der Waals surface area contributed by atoms with Gasteiger partial charge >= 0.3 is 5.97 Å². The van der Waals surface area contributed by atoms with Crippen LogP contribution in [0.4, 0.5) is 0 Å². The Kier molecular flexibility index (Phi) is 5.15. The third kappa shape index (κ3) is 3.75. The molecule has 2 aromatic carbocycles. The van der Waals surface area contributed by atoms with Crippen LogP contribution in [-0.4, -0.2) is 63.6 Å². The fourth-order valence-electron chi connectivity index (χ4n) is 4.43. The number of fused-ring (bicyclic) bond motifs is 2. The van der Waals surface area contributed by atoms with E-state index in [0.29, 0.717) is 36.5 Å². The van der Waals surface area contributed by atoms with E-state index < -0.39 is 5.97 Å². The molecule has 3 heterocycles. The molecule has 9 nitrogen and oxygen atoms in total. The van der Waals surface area contributed by atoms with Crippen molar-refractivity contribution in [3.8, 4) is 17.6 Å². The second kappa shape index (κ2) is 8.15. The third-order valence-electron chi connectivity index (χ3n) is 6.02. The van der Waals surface area contributed by atoms with Gasteiger partial charge in [-0.25, -0.2) is 0 Å². The van der Waals surface area contributed by atoms with Crippen LogP contribution >= 0.6 is 0 Å². The number of aliphatic carboxylic acids is 1. The summed E-state index contributed by atoms with van der Waals surface area (Å²) in [6, 6.07) is 9.82.